The average molecular weight is 548 g/mol. The van der Waals surface area contributed by atoms with E-state index >= 15 is 0 Å². The maximum atomic E-state index is 12.3. The van der Waals surface area contributed by atoms with Gasteiger partial charge in [-0.3, -0.25) is 0 Å². The molecule has 0 atom stereocenters. The van der Waals surface area contributed by atoms with E-state index in [1.807, 2.05) is 0 Å². The van der Waals surface area contributed by atoms with Crippen molar-refractivity contribution in [3.63, 3.8) is 0 Å². The van der Waals surface area contributed by atoms with Gasteiger partial charge in [0.05, 0.1) is 4.88 Å². The highest BCUT2D eigenvalue weighted by Gasteiger charge is 2.68. The van der Waals surface area contributed by atoms with Gasteiger partial charge in [-0.1, -0.05) is 18.3 Å². The maximum absolute atomic E-state index is 12.3. The van der Waals surface area contributed by atoms with Crippen molar-refractivity contribution in [1.82, 2.24) is 0 Å². The summed E-state index contributed by atoms with van der Waals surface area (Å²) in [5.74, 6) is 0. The van der Waals surface area contributed by atoms with Crippen LogP contribution in [0.15, 0.2) is 11.6 Å². The van der Waals surface area contributed by atoms with Crippen LogP contribution in [-0.4, -0.2) is 39.7 Å². The fourth-order valence-corrected chi connectivity index (χ4v) is 4.51. The van der Waals surface area contributed by atoms with Crippen LogP contribution in [0.25, 0.3) is 10.3 Å². The second kappa shape index (κ2) is 9.80. The zero-order chi connectivity index (χ0) is 26.0. The molecule has 188 valence electrons. The number of sulfonamides is 2. The topological polar surface area (TPSA) is 86.3 Å². The van der Waals surface area contributed by atoms with Gasteiger partial charge in [0.15, 0.2) is 31.9 Å². The summed E-state index contributed by atoms with van der Waals surface area (Å²) in [6.45, 7) is 6.44. The summed E-state index contributed by atoms with van der Waals surface area (Å²) < 4.78 is 163. The third-order valence-electron chi connectivity index (χ3n) is 3.25. The number of halogens is 10. The lowest BCUT2D eigenvalue weighted by Gasteiger charge is -2.31. The molecule has 6 nitrogen and oxygen atoms in total. The van der Waals surface area contributed by atoms with Crippen molar-refractivity contribution >= 4 is 37.6 Å². The van der Waals surface area contributed by atoms with Gasteiger partial charge in [-0.2, -0.15) is 48.5 Å². The first-order chi connectivity index (χ1) is 14.0. The minimum atomic E-state index is -7.62. The monoisotopic (exact) mass is 548 g/mol. The first kappa shape index (κ1) is 30.5. The quantitative estimate of drug-likeness (QED) is 0.375. The van der Waals surface area contributed by atoms with Crippen molar-refractivity contribution in [3.8, 4) is 0 Å². The number of allylic oxidation sites excluding steroid dienone is 1. The van der Waals surface area contributed by atoms with Crippen LogP contribution in [0.1, 0.15) is 23.9 Å². The number of rotatable bonds is 6. The molecule has 0 aliphatic carbocycles. The number of alkyl halides is 10. The molecule has 0 unspecified atom stereocenters. The number of hydrogen-bond acceptors (Lipinski definition) is 5. The second-order valence-corrected chi connectivity index (χ2v) is 10.2. The van der Waals surface area contributed by atoms with Gasteiger partial charge >= 0.3 is 22.9 Å². The number of thiazole rings is 1. The average Bonchev–Trinajstić information content (AvgIpc) is 2.89. The van der Waals surface area contributed by atoms with E-state index in [1.54, 1.807) is 11.3 Å². The van der Waals surface area contributed by atoms with E-state index in [4.69, 9.17) is 0 Å². The molecule has 0 aliphatic heterocycles. The zero-order valence-electron chi connectivity index (χ0n) is 16.0. The number of aromatic nitrogens is 1. The molecule has 0 saturated heterocycles. The largest absolute Gasteiger partial charge is 0.467 e. The molecule has 0 amide bonds. The number of nitrogens with zero attached hydrogens (tertiary/aromatic N) is 2. The molecular formula is C13H14F10N2O4S3. The van der Waals surface area contributed by atoms with Crippen molar-refractivity contribution in [1.29, 1.82) is 0 Å². The van der Waals surface area contributed by atoms with E-state index in [0.717, 1.165) is 6.42 Å². The van der Waals surface area contributed by atoms with Gasteiger partial charge in [0.2, 0.25) is 5.51 Å². The van der Waals surface area contributed by atoms with Gasteiger partial charge in [-0.25, -0.2) is 16.8 Å². The summed E-state index contributed by atoms with van der Waals surface area (Å²) in [5.41, 5.74) is 3.48. The molecule has 0 spiro atoms. The third-order valence-corrected chi connectivity index (χ3v) is 7.56. The molecule has 0 fully saturated rings. The van der Waals surface area contributed by atoms with Crippen LogP contribution in [0.4, 0.5) is 43.9 Å². The Morgan fingerprint density at radius 1 is 0.875 bits per heavy atom. The van der Waals surface area contributed by atoms with E-state index in [9.17, 15) is 60.7 Å². The Balaban J connectivity index is 0.000000726. The molecule has 19 heteroatoms. The van der Waals surface area contributed by atoms with Crippen LogP contribution in [0, 0.1) is 13.8 Å². The van der Waals surface area contributed by atoms with Crippen LogP contribution in [0.2, 0.25) is 0 Å². The van der Waals surface area contributed by atoms with Gasteiger partial charge in [-0.15, -0.1) is 0 Å². The van der Waals surface area contributed by atoms with E-state index in [1.165, 1.54) is 10.6 Å². The molecule has 0 bridgehead atoms. The highest BCUT2D eigenvalue weighted by Crippen LogP contribution is 2.47. The van der Waals surface area contributed by atoms with Crippen molar-refractivity contribution in [3.05, 3.63) is 26.3 Å². The van der Waals surface area contributed by atoms with Crippen molar-refractivity contribution in [2.24, 2.45) is 0 Å². The number of hydrogen-bond donors (Lipinski definition) is 0. The Kier molecular flexibility index (Phi) is 9.35. The SMILES string of the molecule is CCC=C[n+]1csc(C)c1C.O=S(=O)([N-]S(=O)(=O)C(F)(F)C(F)(F)F)C(F)(F)C(F)(F)F. The lowest BCUT2D eigenvalue weighted by molar-refractivity contribution is -0.570. The predicted octanol–water partition coefficient (Wildman–Crippen LogP) is 4.86. The van der Waals surface area contributed by atoms with Crippen LogP contribution in [0.5, 0.6) is 0 Å². The van der Waals surface area contributed by atoms with Crippen LogP contribution >= 0.6 is 11.3 Å². The van der Waals surface area contributed by atoms with Gasteiger partial charge < -0.3 is 4.13 Å². The smallest absolute Gasteiger partial charge is 0.425 e. The summed E-state index contributed by atoms with van der Waals surface area (Å²) in [6, 6.07) is 0. The maximum Gasteiger partial charge on any atom is 0.467 e. The Hall–Kier alpha value is -1.47. The summed E-state index contributed by atoms with van der Waals surface area (Å²) in [7, 11) is -15.2. The molecule has 0 saturated carbocycles. The molecule has 1 rings (SSSR count). The molecular weight excluding hydrogens is 534 g/mol. The minimum Gasteiger partial charge on any atom is -0.425 e. The summed E-state index contributed by atoms with van der Waals surface area (Å²) in [6.07, 6.45) is -8.62. The number of aryl methyl sites for hydroxylation is 1. The van der Waals surface area contributed by atoms with Crippen molar-refractivity contribution in [2.45, 2.75) is 50.1 Å². The fourth-order valence-electron chi connectivity index (χ4n) is 1.36. The fraction of sp³-hybridized carbons (Fsp3) is 0.615. The Morgan fingerprint density at radius 3 is 1.50 bits per heavy atom. The Bertz CT molecular complexity index is 971. The normalized spacial score (nSPS) is 14.4. The lowest BCUT2D eigenvalue weighted by Crippen LogP contribution is -2.48. The van der Waals surface area contributed by atoms with E-state index in [0.29, 0.717) is 4.13 Å². The van der Waals surface area contributed by atoms with Crippen LogP contribution in [-0.2, 0) is 20.0 Å². The summed E-state index contributed by atoms with van der Waals surface area (Å²) in [5, 5.41) is -14.0. The third kappa shape index (κ3) is 6.53. The first-order valence-corrected chi connectivity index (χ1v) is 11.5. The highest BCUT2D eigenvalue weighted by molar-refractivity contribution is 8.13. The van der Waals surface area contributed by atoms with Crippen LogP contribution < -0.4 is 4.57 Å². The summed E-state index contributed by atoms with van der Waals surface area (Å²) in [4.78, 5) is 1.39. The van der Waals surface area contributed by atoms with Gasteiger partial charge in [-0.05, 0) is 19.4 Å². The van der Waals surface area contributed by atoms with E-state index in [2.05, 4.69) is 43.1 Å². The lowest BCUT2D eigenvalue weighted by atomic mass is 10.4. The minimum absolute atomic E-state index is 0.422. The standard InChI is InChI=1S/C9H14NS.C4F10NO4S2/c1-4-5-6-10-7-11-9(3)8(10)2;5-1(6,7)3(11,12)20(16,17)15-21(18,19)4(13,14)2(8,9)10/h5-7H,4H2,1-3H3;/q+1;-1. The molecule has 0 aliphatic rings. The van der Waals surface area contributed by atoms with Gasteiger partial charge in [0.1, 0.15) is 0 Å². The molecule has 1 aromatic rings. The van der Waals surface area contributed by atoms with Crippen LogP contribution in [0.3, 0.4) is 0 Å². The zero-order valence-corrected chi connectivity index (χ0v) is 18.4. The van der Waals surface area contributed by atoms with E-state index in [-0.39, 0.29) is 0 Å². The summed E-state index contributed by atoms with van der Waals surface area (Å²) >= 11 is 1.79. The second-order valence-electron chi connectivity index (χ2n) is 5.62. The molecule has 32 heavy (non-hydrogen) atoms. The van der Waals surface area contributed by atoms with Gasteiger partial charge in [0.25, 0.3) is 0 Å². The predicted molar refractivity (Wildman–Crippen MR) is 92.8 cm³/mol. The molecule has 1 aromatic heterocycles. The Morgan fingerprint density at radius 2 is 1.25 bits per heavy atom. The van der Waals surface area contributed by atoms with Crippen molar-refractivity contribution < 1.29 is 65.3 Å². The highest BCUT2D eigenvalue weighted by atomic mass is 32.3. The Labute approximate surface area is 179 Å². The molecule has 0 N–H and O–H groups in total. The van der Waals surface area contributed by atoms with Crippen molar-refractivity contribution in [2.75, 3.05) is 0 Å². The molecule has 0 radical (unpaired) electrons. The van der Waals surface area contributed by atoms with E-state index < -0.39 is 42.9 Å². The first-order valence-electron chi connectivity index (χ1n) is 7.71. The molecule has 1 heterocycles. The molecule has 0 aromatic carbocycles. The van der Waals surface area contributed by atoms with Gasteiger partial charge in [0, 0.05) is 6.92 Å².